The van der Waals surface area contributed by atoms with Crippen LogP contribution in [0, 0.1) is 11.3 Å². The molecule has 0 unspecified atom stereocenters. The number of rotatable bonds is 6. The molecule has 0 fully saturated rings. The van der Waals surface area contributed by atoms with Gasteiger partial charge >= 0.3 is 5.97 Å². The number of aromatic nitrogens is 2. The van der Waals surface area contributed by atoms with E-state index in [1.165, 1.54) is 11.3 Å². The van der Waals surface area contributed by atoms with Crippen LogP contribution in [0.2, 0.25) is 0 Å². The maximum atomic E-state index is 12.3. The van der Waals surface area contributed by atoms with Gasteiger partial charge in [0.15, 0.2) is 0 Å². The molecule has 0 spiro atoms. The van der Waals surface area contributed by atoms with E-state index in [-0.39, 0.29) is 19.0 Å². The van der Waals surface area contributed by atoms with E-state index in [1.807, 2.05) is 12.1 Å². The van der Waals surface area contributed by atoms with Crippen molar-refractivity contribution in [2.24, 2.45) is 0 Å². The highest BCUT2D eigenvalue weighted by molar-refractivity contribution is 7.16. The van der Waals surface area contributed by atoms with E-state index >= 15 is 0 Å². The van der Waals surface area contributed by atoms with Gasteiger partial charge in [-0.1, -0.05) is 12.1 Å². The summed E-state index contributed by atoms with van der Waals surface area (Å²) in [7, 11) is 0. The smallest absolute Gasteiger partial charge is 0.374 e. The summed E-state index contributed by atoms with van der Waals surface area (Å²) >= 11 is 1.27. The minimum atomic E-state index is -0.654. The molecule has 0 aliphatic rings. The molecule has 0 radical (unpaired) electrons. The Labute approximate surface area is 152 Å². The molecule has 0 saturated carbocycles. The van der Waals surface area contributed by atoms with Gasteiger partial charge in [0.25, 0.3) is 5.56 Å². The molecule has 0 atom stereocenters. The third kappa shape index (κ3) is 3.79. The fourth-order valence-electron chi connectivity index (χ4n) is 2.36. The number of carbonyl (C=O) groups is 1. The highest BCUT2D eigenvalue weighted by Gasteiger charge is 2.16. The highest BCUT2D eigenvalue weighted by Crippen LogP contribution is 2.22. The molecule has 2 aromatic heterocycles. The first-order valence-corrected chi connectivity index (χ1v) is 8.74. The number of aromatic amines is 1. The van der Waals surface area contributed by atoms with Gasteiger partial charge in [0.1, 0.15) is 4.83 Å². The molecule has 1 aromatic carbocycles. The van der Waals surface area contributed by atoms with Gasteiger partial charge in [-0.25, -0.2) is 9.78 Å². The van der Waals surface area contributed by atoms with E-state index in [2.05, 4.69) is 16.0 Å². The van der Waals surface area contributed by atoms with Crippen LogP contribution in [-0.4, -0.2) is 22.5 Å². The van der Waals surface area contributed by atoms with E-state index in [0.717, 1.165) is 5.56 Å². The number of H-pyrrole nitrogens is 1. The molecule has 3 aromatic rings. The Balaban J connectivity index is 1.73. The summed E-state index contributed by atoms with van der Waals surface area (Å²) in [6.07, 6.45) is 0. The predicted octanol–water partition coefficient (Wildman–Crippen LogP) is 2.75. The number of hydrogen-bond acceptors (Lipinski definition) is 7. The van der Waals surface area contributed by atoms with Gasteiger partial charge in [-0.05, 0) is 30.0 Å². The summed E-state index contributed by atoms with van der Waals surface area (Å²) in [6, 6.07) is 9.16. The lowest BCUT2D eigenvalue weighted by Gasteiger charge is -2.04. The number of nitrogens with zero attached hydrogens (tertiary/aromatic N) is 2. The summed E-state index contributed by atoms with van der Waals surface area (Å²) in [4.78, 5) is 31.1. The topological polar surface area (TPSA) is 105 Å². The van der Waals surface area contributed by atoms with Crippen molar-refractivity contribution < 1.29 is 14.3 Å². The van der Waals surface area contributed by atoms with Crippen molar-refractivity contribution in [3.05, 3.63) is 62.5 Å². The first kappa shape index (κ1) is 17.8. The summed E-state index contributed by atoms with van der Waals surface area (Å²) in [6.45, 7) is 2.49. The lowest BCUT2D eigenvalue weighted by atomic mass is 10.1. The number of hydrogen-bond donors (Lipinski definition) is 1. The first-order chi connectivity index (χ1) is 12.6. The van der Waals surface area contributed by atoms with Crippen LogP contribution in [0.1, 0.15) is 34.2 Å². The Kier molecular flexibility index (Phi) is 5.41. The Morgan fingerprint density at radius 2 is 2.08 bits per heavy atom. The van der Waals surface area contributed by atoms with Crippen LogP contribution in [-0.2, 0) is 22.7 Å². The zero-order chi connectivity index (χ0) is 18.5. The molecule has 7 nitrogen and oxygen atoms in total. The van der Waals surface area contributed by atoms with E-state index in [9.17, 15) is 9.59 Å². The van der Waals surface area contributed by atoms with Crippen molar-refractivity contribution in [2.45, 2.75) is 20.1 Å². The Morgan fingerprint density at radius 1 is 1.31 bits per heavy atom. The molecule has 1 N–H and O–H groups in total. The average Bonchev–Trinajstić information content (AvgIpc) is 3.06. The number of carbonyl (C=O) groups excluding carboxylic acids is 1. The van der Waals surface area contributed by atoms with Crippen molar-refractivity contribution in [1.82, 2.24) is 9.97 Å². The predicted molar refractivity (Wildman–Crippen MR) is 95.8 cm³/mol. The normalized spacial score (nSPS) is 10.6. The number of nitriles is 1. The van der Waals surface area contributed by atoms with Gasteiger partial charge in [-0.3, -0.25) is 4.79 Å². The largest absolute Gasteiger partial charge is 0.460 e. The summed E-state index contributed by atoms with van der Waals surface area (Å²) in [5, 5.41) is 11.0. The van der Waals surface area contributed by atoms with Gasteiger partial charge < -0.3 is 14.5 Å². The molecule has 0 bridgehead atoms. The molecule has 0 aliphatic heterocycles. The monoisotopic (exact) mass is 369 g/mol. The van der Waals surface area contributed by atoms with Crippen LogP contribution in [0.4, 0.5) is 0 Å². The number of ether oxygens (including phenoxy) is 2. The molecule has 26 heavy (non-hydrogen) atoms. The second-order valence-electron chi connectivity index (χ2n) is 5.38. The van der Waals surface area contributed by atoms with Crippen molar-refractivity contribution in [3.8, 4) is 6.07 Å². The van der Waals surface area contributed by atoms with Gasteiger partial charge in [0, 0.05) is 5.56 Å². The number of nitrogens with one attached hydrogen (secondary N) is 1. The quantitative estimate of drug-likeness (QED) is 0.670. The number of benzene rings is 1. The Morgan fingerprint density at radius 3 is 2.77 bits per heavy atom. The standard InChI is InChI=1S/C18H15N3O4S/c1-2-25-18(23)15-20-16(22)14-13(10-26-17(14)21-15)9-24-8-12-5-3-11(7-19)4-6-12/h3-6,10H,2,8-9H2,1H3,(H,20,21,22). The maximum Gasteiger partial charge on any atom is 0.374 e. The third-order valence-corrected chi connectivity index (χ3v) is 4.52. The summed E-state index contributed by atoms with van der Waals surface area (Å²) < 4.78 is 10.5. The zero-order valence-corrected chi connectivity index (χ0v) is 14.8. The Bertz CT molecular complexity index is 1030. The zero-order valence-electron chi connectivity index (χ0n) is 13.9. The molecular weight excluding hydrogens is 354 g/mol. The maximum absolute atomic E-state index is 12.3. The van der Waals surface area contributed by atoms with Crippen LogP contribution >= 0.6 is 11.3 Å². The fourth-order valence-corrected chi connectivity index (χ4v) is 3.29. The molecule has 0 amide bonds. The van der Waals surface area contributed by atoms with Crippen molar-refractivity contribution in [2.75, 3.05) is 6.61 Å². The number of esters is 1. The van der Waals surface area contributed by atoms with Gasteiger partial charge in [-0.15, -0.1) is 11.3 Å². The summed E-state index contributed by atoms with van der Waals surface area (Å²) in [5.74, 6) is -0.755. The van der Waals surface area contributed by atoms with Gasteiger partial charge in [0.2, 0.25) is 5.82 Å². The molecule has 8 heteroatoms. The van der Waals surface area contributed by atoms with E-state index < -0.39 is 11.5 Å². The molecule has 3 rings (SSSR count). The lowest BCUT2D eigenvalue weighted by molar-refractivity contribution is 0.0512. The molecular formula is C18H15N3O4S. The van der Waals surface area contributed by atoms with Crippen LogP contribution < -0.4 is 5.56 Å². The number of thiophene rings is 1. The third-order valence-electron chi connectivity index (χ3n) is 3.60. The SMILES string of the molecule is CCOC(=O)c1nc2scc(COCc3ccc(C#N)cc3)c2c(=O)[nH]1. The van der Waals surface area contributed by atoms with Crippen LogP contribution in [0.15, 0.2) is 34.4 Å². The van der Waals surface area contributed by atoms with Crippen LogP contribution in [0.25, 0.3) is 10.2 Å². The van der Waals surface area contributed by atoms with Crippen molar-refractivity contribution in [3.63, 3.8) is 0 Å². The molecule has 0 aliphatic carbocycles. The van der Waals surface area contributed by atoms with Gasteiger partial charge in [-0.2, -0.15) is 5.26 Å². The fraction of sp³-hybridized carbons (Fsp3) is 0.222. The molecule has 0 saturated heterocycles. The second kappa shape index (κ2) is 7.91. The second-order valence-corrected chi connectivity index (χ2v) is 6.24. The van der Waals surface area contributed by atoms with E-state index in [4.69, 9.17) is 14.7 Å². The van der Waals surface area contributed by atoms with Crippen molar-refractivity contribution in [1.29, 1.82) is 5.26 Å². The Hall–Kier alpha value is -3.02. The first-order valence-electron chi connectivity index (χ1n) is 7.86. The van der Waals surface area contributed by atoms with Crippen LogP contribution in [0.3, 0.4) is 0 Å². The molecule has 2 heterocycles. The molecule has 132 valence electrons. The average molecular weight is 369 g/mol. The highest BCUT2D eigenvalue weighted by atomic mass is 32.1. The minimum Gasteiger partial charge on any atom is -0.460 e. The van der Waals surface area contributed by atoms with Gasteiger partial charge in [0.05, 0.1) is 36.8 Å². The van der Waals surface area contributed by atoms with E-state index in [0.29, 0.717) is 28.0 Å². The van der Waals surface area contributed by atoms with E-state index in [1.54, 1.807) is 24.4 Å². The summed E-state index contributed by atoms with van der Waals surface area (Å²) in [5.41, 5.74) is 1.84. The van der Waals surface area contributed by atoms with Crippen molar-refractivity contribution >= 4 is 27.5 Å². The lowest BCUT2D eigenvalue weighted by Crippen LogP contribution is -2.17. The minimum absolute atomic E-state index is 0.101. The number of fused-ring (bicyclic) bond motifs is 1. The van der Waals surface area contributed by atoms with Crippen LogP contribution in [0.5, 0.6) is 0 Å².